The van der Waals surface area contributed by atoms with E-state index in [1.54, 1.807) is 6.07 Å². The predicted octanol–water partition coefficient (Wildman–Crippen LogP) is -0.0245. The predicted molar refractivity (Wildman–Crippen MR) is 66.0 cm³/mol. The summed E-state index contributed by atoms with van der Waals surface area (Å²) in [6, 6.07) is 0.490. The maximum Gasteiger partial charge on any atom is 0.338 e. The van der Waals surface area contributed by atoms with Crippen LogP contribution < -0.4 is 11.2 Å². The number of hydrogen-bond donors (Lipinski definition) is 3. The smallest absolute Gasteiger partial charge is 0.338 e. The Morgan fingerprint density at radius 3 is 2.85 bits per heavy atom. The highest BCUT2D eigenvalue weighted by atomic mass is 16.6. The third-order valence-corrected chi connectivity index (χ3v) is 2.27. The maximum atomic E-state index is 11.4. The first-order valence-corrected chi connectivity index (χ1v) is 5.67. The van der Waals surface area contributed by atoms with Gasteiger partial charge in [0.15, 0.2) is 0 Å². The van der Waals surface area contributed by atoms with Gasteiger partial charge in [0.25, 0.3) is 0 Å². The first kappa shape index (κ1) is 15.6. The van der Waals surface area contributed by atoms with Gasteiger partial charge in [0.05, 0.1) is 12.5 Å². The molecule has 0 saturated heterocycles. The Morgan fingerprint density at radius 1 is 1.50 bits per heavy atom. The third-order valence-electron chi connectivity index (χ3n) is 2.27. The number of amides is 1. The van der Waals surface area contributed by atoms with Crippen LogP contribution >= 0.6 is 0 Å². The molecule has 1 aromatic rings. The fourth-order valence-corrected chi connectivity index (χ4v) is 1.20. The molecule has 20 heavy (non-hydrogen) atoms. The molecule has 0 fully saturated rings. The van der Waals surface area contributed by atoms with Gasteiger partial charge < -0.3 is 14.9 Å². The molecular formula is C12H14N2O6. The minimum atomic E-state index is -1.13. The molecule has 0 aromatic carbocycles. The van der Waals surface area contributed by atoms with Crippen molar-refractivity contribution in [2.24, 2.45) is 5.73 Å². The Balaban J connectivity index is 2.37. The summed E-state index contributed by atoms with van der Waals surface area (Å²) >= 11 is 0. The van der Waals surface area contributed by atoms with Crippen molar-refractivity contribution in [3.8, 4) is 0 Å². The van der Waals surface area contributed by atoms with Crippen LogP contribution in [0.3, 0.4) is 0 Å². The van der Waals surface area contributed by atoms with Gasteiger partial charge in [0, 0.05) is 18.1 Å². The molecule has 1 amide bonds. The van der Waals surface area contributed by atoms with Crippen LogP contribution in [0.25, 0.3) is 6.08 Å². The van der Waals surface area contributed by atoms with Gasteiger partial charge >= 0.3 is 11.9 Å². The van der Waals surface area contributed by atoms with Gasteiger partial charge in [-0.05, 0) is 18.6 Å². The number of nitrogens with one attached hydrogen (secondary N) is 1. The van der Waals surface area contributed by atoms with E-state index in [-0.39, 0.29) is 12.8 Å². The van der Waals surface area contributed by atoms with Gasteiger partial charge in [0.1, 0.15) is 6.04 Å². The Labute approximate surface area is 114 Å². The lowest BCUT2D eigenvalue weighted by Crippen LogP contribution is -2.35. The molecule has 0 aliphatic rings. The summed E-state index contributed by atoms with van der Waals surface area (Å²) in [5, 5.41) is 8.26. The molecule has 0 aliphatic heterocycles. The lowest BCUT2D eigenvalue weighted by atomic mass is 10.1. The van der Waals surface area contributed by atoms with E-state index in [9.17, 15) is 14.4 Å². The first-order valence-electron chi connectivity index (χ1n) is 5.67. The summed E-state index contributed by atoms with van der Waals surface area (Å²) in [4.78, 5) is 33.5. The first-order chi connectivity index (χ1) is 9.52. The molecule has 1 aromatic heterocycles. The second-order valence-corrected chi connectivity index (χ2v) is 3.81. The molecule has 8 nitrogen and oxygen atoms in total. The van der Waals surface area contributed by atoms with E-state index in [1.165, 1.54) is 24.1 Å². The fraction of sp³-hybridized carbons (Fsp3) is 0.250. The molecule has 1 rings (SSSR count). The second kappa shape index (κ2) is 7.87. The van der Waals surface area contributed by atoms with E-state index < -0.39 is 23.9 Å². The van der Waals surface area contributed by atoms with Crippen molar-refractivity contribution in [2.45, 2.75) is 18.9 Å². The summed E-state index contributed by atoms with van der Waals surface area (Å²) in [5.74, 6) is -2.50. The van der Waals surface area contributed by atoms with Crippen LogP contribution in [-0.2, 0) is 19.1 Å². The Kier molecular flexibility index (Phi) is 6.14. The van der Waals surface area contributed by atoms with Crippen LogP contribution in [0.15, 0.2) is 29.1 Å². The van der Waals surface area contributed by atoms with Crippen LogP contribution in [0.4, 0.5) is 0 Å². The van der Waals surface area contributed by atoms with E-state index in [0.29, 0.717) is 5.56 Å². The zero-order valence-electron chi connectivity index (χ0n) is 10.4. The van der Waals surface area contributed by atoms with Crippen molar-refractivity contribution in [3.05, 3.63) is 30.2 Å². The highest BCUT2D eigenvalue weighted by Gasteiger charge is 2.18. The third kappa shape index (κ3) is 5.46. The van der Waals surface area contributed by atoms with E-state index >= 15 is 0 Å². The molecular weight excluding hydrogens is 268 g/mol. The van der Waals surface area contributed by atoms with Gasteiger partial charge in [-0.3, -0.25) is 10.0 Å². The molecule has 0 aliphatic carbocycles. The summed E-state index contributed by atoms with van der Waals surface area (Å²) in [6.07, 6.45) is 5.08. The second-order valence-electron chi connectivity index (χ2n) is 3.81. The molecule has 0 saturated carbocycles. The van der Waals surface area contributed by atoms with Gasteiger partial charge in [-0.15, -0.1) is 0 Å². The zero-order chi connectivity index (χ0) is 15.0. The lowest BCUT2D eigenvalue weighted by Gasteiger charge is -2.08. The Hall–Kier alpha value is -2.45. The normalized spacial score (nSPS) is 12.1. The monoisotopic (exact) mass is 282 g/mol. The van der Waals surface area contributed by atoms with E-state index in [1.807, 2.05) is 0 Å². The number of hydroxylamine groups is 1. The van der Waals surface area contributed by atoms with Gasteiger partial charge in [-0.1, -0.05) is 0 Å². The van der Waals surface area contributed by atoms with Crippen molar-refractivity contribution in [3.63, 3.8) is 0 Å². The highest BCUT2D eigenvalue weighted by molar-refractivity contribution is 5.96. The number of hydrogen-bond acceptors (Lipinski definition) is 7. The number of carbonyl (C=O) groups is 3. The number of rotatable bonds is 6. The van der Waals surface area contributed by atoms with Gasteiger partial charge in [-0.2, -0.15) is 0 Å². The van der Waals surface area contributed by atoms with Crippen LogP contribution in [0.2, 0.25) is 0 Å². The fourth-order valence-electron chi connectivity index (χ4n) is 1.20. The van der Waals surface area contributed by atoms with Crippen molar-refractivity contribution in [2.75, 3.05) is 0 Å². The molecule has 108 valence electrons. The molecule has 4 N–H and O–H groups in total. The minimum Gasteiger partial charge on any atom is -0.472 e. The largest absolute Gasteiger partial charge is 0.472 e. The van der Waals surface area contributed by atoms with Crippen LogP contribution in [0.1, 0.15) is 18.4 Å². The summed E-state index contributed by atoms with van der Waals surface area (Å²) in [6.45, 7) is 0. The summed E-state index contributed by atoms with van der Waals surface area (Å²) in [5.41, 5.74) is 7.47. The number of esters is 2. The molecule has 8 heteroatoms. The Morgan fingerprint density at radius 2 is 2.25 bits per heavy atom. The van der Waals surface area contributed by atoms with Crippen molar-refractivity contribution >= 4 is 23.9 Å². The van der Waals surface area contributed by atoms with Crippen LogP contribution in [0.5, 0.6) is 0 Å². The zero-order valence-corrected chi connectivity index (χ0v) is 10.4. The molecule has 0 radical (unpaired) electrons. The SMILES string of the molecule is N[C@@H](CCC(=O)NO)C(=O)OC(=O)/C=C/c1ccoc1. The average Bonchev–Trinajstić information content (AvgIpc) is 2.95. The lowest BCUT2D eigenvalue weighted by molar-refractivity contribution is -0.157. The molecule has 1 atom stereocenters. The van der Waals surface area contributed by atoms with Crippen LogP contribution in [0, 0.1) is 0 Å². The number of ether oxygens (including phenoxy) is 1. The quantitative estimate of drug-likeness (QED) is 0.219. The maximum absolute atomic E-state index is 11.4. The minimum absolute atomic E-state index is 0.0516. The topological polar surface area (TPSA) is 132 Å². The molecule has 0 spiro atoms. The van der Waals surface area contributed by atoms with E-state index in [0.717, 1.165) is 6.08 Å². The summed E-state index contributed by atoms with van der Waals surface area (Å²) < 4.78 is 9.24. The van der Waals surface area contributed by atoms with Crippen molar-refractivity contribution < 1.29 is 28.7 Å². The van der Waals surface area contributed by atoms with E-state index in [4.69, 9.17) is 15.4 Å². The highest BCUT2D eigenvalue weighted by Crippen LogP contribution is 2.03. The number of carbonyl (C=O) groups excluding carboxylic acids is 3. The average molecular weight is 282 g/mol. The van der Waals surface area contributed by atoms with Crippen LogP contribution in [-0.4, -0.2) is 29.1 Å². The summed E-state index contributed by atoms with van der Waals surface area (Å²) in [7, 11) is 0. The van der Waals surface area contributed by atoms with Gasteiger partial charge in [-0.25, -0.2) is 15.1 Å². The van der Waals surface area contributed by atoms with Crippen molar-refractivity contribution in [1.29, 1.82) is 0 Å². The number of nitrogens with two attached hydrogens (primary N) is 1. The molecule has 0 bridgehead atoms. The molecule has 1 heterocycles. The standard InChI is InChI=1S/C12H14N2O6/c13-9(2-3-10(15)14-18)12(17)20-11(16)4-1-8-5-6-19-7-8/h1,4-7,9,18H,2-3,13H2,(H,14,15)/b4-1+/t9-/m0/s1. The van der Waals surface area contributed by atoms with Gasteiger partial charge in [0.2, 0.25) is 5.91 Å². The Bertz CT molecular complexity index is 494. The van der Waals surface area contributed by atoms with E-state index in [2.05, 4.69) is 4.74 Å². The number of furan rings is 1. The van der Waals surface area contributed by atoms with Crippen molar-refractivity contribution in [1.82, 2.24) is 5.48 Å². The molecule has 0 unspecified atom stereocenters.